The number of para-hydroxylation sites is 1. The lowest BCUT2D eigenvalue weighted by atomic mass is 10.2. The SMILES string of the molecule is CCN(c1ccccc1)S(=O)(=O)c1ccc(NC=C2C(=O)OC(C)(C)OC2=O)cc1. The zero-order valence-corrected chi connectivity index (χ0v) is 17.6. The van der Waals surface area contributed by atoms with Crippen molar-refractivity contribution in [3.8, 4) is 0 Å². The van der Waals surface area contributed by atoms with E-state index in [4.69, 9.17) is 9.47 Å². The molecule has 158 valence electrons. The molecule has 0 saturated carbocycles. The van der Waals surface area contributed by atoms with E-state index >= 15 is 0 Å². The second kappa shape index (κ2) is 8.19. The number of hydrogen-bond donors (Lipinski definition) is 1. The molecule has 1 fully saturated rings. The van der Waals surface area contributed by atoms with Gasteiger partial charge in [0.05, 0.1) is 10.6 Å². The number of carbonyl (C=O) groups excluding carboxylic acids is 2. The van der Waals surface area contributed by atoms with Gasteiger partial charge in [0, 0.05) is 32.3 Å². The fourth-order valence-electron chi connectivity index (χ4n) is 2.87. The topological polar surface area (TPSA) is 102 Å². The summed E-state index contributed by atoms with van der Waals surface area (Å²) in [5, 5.41) is 2.78. The highest BCUT2D eigenvalue weighted by atomic mass is 32.2. The van der Waals surface area contributed by atoms with Gasteiger partial charge in [-0.1, -0.05) is 18.2 Å². The smallest absolute Gasteiger partial charge is 0.350 e. The highest BCUT2D eigenvalue weighted by Crippen LogP contribution is 2.25. The molecule has 30 heavy (non-hydrogen) atoms. The van der Waals surface area contributed by atoms with E-state index in [0.29, 0.717) is 11.4 Å². The summed E-state index contributed by atoms with van der Waals surface area (Å²) < 4.78 is 37.3. The molecule has 9 heteroatoms. The van der Waals surface area contributed by atoms with Gasteiger partial charge in [0.1, 0.15) is 0 Å². The predicted octanol–water partition coefficient (Wildman–Crippen LogP) is 3.03. The van der Waals surface area contributed by atoms with Gasteiger partial charge < -0.3 is 14.8 Å². The van der Waals surface area contributed by atoms with E-state index in [2.05, 4.69) is 5.32 Å². The molecule has 1 saturated heterocycles. The van der Waals surface area contributed by atoms with E-state index in [-0.39, 0.29) is 17.0 Å². The summed E-state index contributed by atoms with van der Waals surface area (Å²) in [5.74, 6) is -2.92. The Kier molecular flexibility index (Phi) is 5.84. The van der Waals surface area contributed by atoms with Crippen molar-refractivity contribution in [1.82, 2.24) is 0 Å². The fourth-order valence-corrected chi connectivity index (χ4v) is 4.34. The number of cyclic esters (lactones) is 2. The second-order valence-corrected chi connectivity index (χ2v) is 8.77. The van der Waals surface area contributed by atoms with Crippen LogP contribution in [0.2, 0.25) is 0 Å². The number of ether oxygens (including phenoxy) is 2. The highest BCUT2D eigenvalue weighted by Gasteiger charge is 2.38. The Balaban J connectivity index is 1.78. The summed E-state index contributed by atoms with van der Waals surface area (Å²) in [7, 11) is -3.74. The first kappa shape index (κ1) is 21.4. The van der Waals surface area contributed by atoms with Crippen molar-refractivity contribution in [2.75, 3.05) is 16.2 Å². The van der Waals surface area contributed by atoms with Gasteiger partial charge in [0.25, 0.3) is 15.8 Å². The van der Waals surface area contributed by atoms with Crippen LogP contribution in [0, 0.1) is 0 Å². The number of rotatable bonds is 6. The van der Waals surface area contributed by atoms with Gasteiger partial charge in [-0.2, -0.15) is 0 Å². The van der Waals surface area contributed by atoms with Crippen LogP contribution in [-0.2, 0) is 29.1 Å². The van der Waals surface area contributed by atoms with Crippen LogP contribution in [0.1, 0.15) is 20.8 Å². The van der Waals surface area contributed by atoms with Gasteiger partial charge in [-0.25, -0.2) is 18.0 Å². The Morgan fingerprint density at radius 1 is 0.967 bits per heavy atom. The first-order valence-corrected chi connectivity index (χ1v) is 10.7. The van der Waals surface area contributed by atoms with Crippen LogP contribution in [0.4, 0.5) is 11.4 Å². The third-order valence-corrected chi connectivity index (χ3v) is 6.19. The van der Waals surface area contributed by atoms with Crippen molar-refractivity contribution in [2.45, 2.75) is 31.5 Å². The van der Waals surface area contributed by atoms with Gasteiger partial charge in [-0.15, -0.1) is 0 Å². The standard InChI is InChI=1S/C21H22N2O6S/c1-4-23(16-8-6-5-7-9-16)30(26,27)17-12-10-15(11-13-17)22-14-18-19(24)28-21(2,3)29-20(18)25/h5-14,22H,4H2,1-3H3. The van der Waals surface area contributed by atoms with Gasteiger partial charge >= 0.3 is 11.9 Å². The number of esters is 2. The van der Waals surface area contributed by atoms with Crippen molar-refractivity contribution in [3.05, 3.63) is 66.4 Å². The largest absolute Gasteiger partial charge is 0.419 e. The van der Waals surface area contributed by atoms with Crippen LogP contribution in [-0.4, -0.2) is 32.7 Å². The number of nitrogens with zero attached hydrogens (tertiary/aromatic N) is 1. The van der Waals surface area contributed by atoms with Crippen molar-refractivity contribution in [1.29, 1.82) is 0 Å². The van der Waals surface area contributed by atoms with E-state index in [0.717, 1.165) is 0 Å². The summed E-state index contributed by atoms with van der Waals surface area (Å²) >= 11 is 0. The van der Waals surface area contributed by atoms with Gasteiger partial charge in [0.15, 0.2) is 5.57 Å². The third-order valence-electron chi connectivity index (χ3n) is 4.27. The van der Waals surface area contributed by atoms with E-state index in [1.54, 1.807) is 31.2 Å². The van der Waals surface area contributed by atoms with Gasteiger partial charge in [0.2, 0.25) is 0 Å². The van der Waals surface area contributed by atoms with Crippen molar-refractivity contribution < 1.29 is 27.5 Å². The Hall–Kier alpha value is -3.33. The number of benzene rings is 2. The van der Waals surface area contributed by atoms with Crippen LogP contribution in [0.15, 0.2) is 71.3 Å². The molecule has 1 heterocycles. The maximum absolute atomic E-state index is 13.0. The summed E-state index contributed by atoms with van der Waals surface area (Å²) in [6.45, 7) is 4.96. The summed E-state index contributed by atoms with van der Waals surface area (Å²) in [6.07, 6.45) is 1.17. The summed E-state index contributed by atoms with van der Waals surface area (Å²) in [6, 6.07) is 14.8. The van der Waals surface area contributed by atoms with Crippen molar-refractivity contribution in [3.63, 3.8) is 0 Å². The van der Waals surface area contributed by atoms with Gasteiger partial charge in [-0.3, -0.25) is 4.31 Å². The predicted molar refractivity (Wildman–Crippen MR) is 111 cm³/mol. The minimum Gasteiger partial charge on any atom is -0.419 e. The van der Waals surface area contributed by atoms with E-state index < -0.39 is 27.7 Å². The normalized spacial score (nSPS) is 15.8. The first-order valence-electron chi connectivity index (χ1n) is 9.25. The molecule has 8 nitrogen and oxygen atoms in total. The van der Waals surface area contributed by atoms with Crippen LogP contribution < -0.4 is 9.62 Å². The molecule has 0 spiro atoms. The summed E-state index contributed by atoms with van der Waals surface area (Å²) in [5.41, 5.74) is 0.770. The Labute approximate surface area is 175 Å². The molecular formula is C21H22N2O6S. The Morgan fingerprint density at radius 2 is 1.53 bits per heavy atom. The molecule has 1 N–H and O–H groups in total. The molecule has 0 unspecified atom stereocenters. The van der Waals surface area contributed by atoms with Crippen molar-refractivity contribution in [2.24, 2.45) is 0 Å². The molecule has 0 atom stereocenters. The zero-order chi connectivity index (χ0) is 21.9. The average Bonchev–Trinajstić information content (AvgIpc) is 2.68. The minimum absolute atomic E-state index is 0.115. The number of anilines is 2. The second-order valence-electron chi connectivity index (χ2n) is 6.91. The van der Waals surface area contributed by atoms with Crippen LogP contribution in [0.3, 0.4) is 0 Å². The number of hydrogen-bond acceptors (Lipinski definition) is 7. The lowest BCUT2D eigenvalue weighted by molar-refractivity contribution is -0.222. The molecule has 2 aromatic rings. The maximum atomic E-state index is 13.0. The maximum Gasteiger partial charge on any atom is 0.350 e. The number of carbonyl (C=O) groups is 2. The molecule has 0 aliphatic carbocycles. The average molecular weight is 430 g/mol. The molecule has 0 bridgehead atoms. The monoisotopic (exact) mass is 430 g/mol. The zero-order valence-electron chi connectivity index (χ0n) is 16.8. The lowest BCUT2D eigenvalue weighted by Gasteiger charge is -2.29. The Bertz CT molecular complexity index is 1050. The number of sulfonamides is 1. The molecule has 0 aromatic heterocycles. The summed E-state index contributed by atoms with van der Waals surface area (Å²) in [4.78, 5) is 24.0. The molecule has 0 amide bonds. The lowest BCUT2D eigenvalue weighted by Crippen LogP contribution is -2.42. The van der Waals surface area contributed by atoms with Gasteiger partial charge in [-0.05, 0) is 43.3 Å². The van der Waals surface area contributed by atoms with Crippen LogP contribution in [0.5, 0.6) is 0 Å². The van der Waals surface area contributed by atoms with Crippen LogP contribution >= 0.6 is 0 Å². The molecule has 1 aliphatic rings. The van der Waals surface area contributed by atoms with Crippen molar-refractivity contribution >= 4 is 33.3 Å². The first-order chi connectivity index (χ1) is 14.1. The number of nitrogens with one attached hydrogen (secondary N) is 1. The molecular weight excluding hydrogens is 408 g/mol. The molecule has 0 radical (unpaired) electrons. The van der Waals surface area contributed by atoms with E-state index in [1.807, 2.05) is 6.07 Å². The van der Waals surface area contributed by atoms with Crippen LogP contribution in [0.25, 0.3) is 0 Å². The molecule has 1 aliphatic heterocycles. The minimum atomic E-state index is -3.74. The fraction of sp³-hybridized carbons (Fsp3) is 0.238. The Morgan fingerprint density at radius 3 is 2.07 bits per heavy atom. The molecule has 2 aromatic carbocycles. The molecule has 3 rings (SSSR count). The van der Waals surface area contributed by atoms with E-state index in [9.17, 15) is 18.0 Å². The highest BCUT2D eigenvalue weighted by molar-refractivity contribution is 7.92. The quantitative estimate of drug-likeness (QED) is 0.427. The van der Waals surface area contributed by atoms with E-state index in [1.165, 1.54) is 48.6 Å². The third kappa shape index (κ3) is 4.46.